The molecule has 0 spiro atoms. The van der Waals surface area contributed by atoms with Crippen LogP contribution in [0.25, 0.3) is 11.0 Å². The van der Waals surface area contributed by atoms with E-state index in [1.807, 2.05) is 19.2 Å². The number of carbonyl (C=O) groups is 1. The first-order chi connectivity index (χ1) is 26.4. The van der Waals surface area contributed by atoms with Crippen LogP contribution in [0.3, 0.4) is 0 Å². The average Bonchev–Trinajstić information content (AvgIpc) is 3.34. The van der Waals surface area contributed by atoms with Crippen LogP contribution >= 0.6 is 0 Å². The number of hydrogen-bond acceptors (Lipinski definition) is 12. The summed E-state index contributed by atoms with van der Waals surface area (Å²) in [6.07, 6.45) is 9.73. The zero-order valence-electron chi connectivity index (χ0n) is 31.3. The smallest absolute Gasteiger partial charge is 0.333 e. The van der Waals surface area contributed by atoms with E-state index in [9.17, 15) is 24.9 Å². The molecule has 1 saturated carbocycles. The minimum atomic E-state index is -1.17. The quantitative estimate of drug-likeness (QED) is 0.139. The Morgan fingerprint density at radius 2 is 1.98 bits per heavy atom. The molecular formula is C43H48N4O8. The van der Waals surface area contributed by atoms with E-state index in [0.717, 1.165) is 40.7 Å². The minimum absolute atomic E-state index is 0.0213. The van der Waals surface area contributed by atoms with E-state index in [-0.39, 0.29) is 52.7 Å². The van der Waals surface area contributed by atoms with Gasteiger partial charge in [0, 0.05) is 53.8 Å². The van der Waals surface area contributed by atoms with E-state index in [1.54, 1.807) is 38.1 Å². The molecule has 12 heteroatoms. The number of hydrogen-bond donors (Lipinski definition) is 7. The summed E-state index contributed by atoms with van der Waals surface area (Å²) in [5, 5.41) is 39.5. The van der Waals surface area contributed by atoms with Gasteiger partial charge in [-0.25, -0.2) is 4.79 Å². The number of nitrogens with two attached hydrogens (primary N) is 2. The first-order valence-electron chi connectivity index (χ1n) is 19.0. The van der Waals surface area contributed by atoms with Crippen molar-refractivity contribution in [3.05, 3.63) is 121 Å². The summed E-state index contributed by atoms with van der Waals surface area (Å²) in [7, 11) is 0. The summed E-state index contributed by atoms with van der Waals surface area (Å²) < 4.78 is 20.2. The molecule has 12 nitrogen and oxygen atoms in total. The van der Waals surface area contributed by atoms with Gasteiger partial charge in [0.2, 0.25) is 0 Å². The first kappa shape index (κ1) is 36.5. The van der Waals surface area contributed by atoms with Crippen LogP contribution in [0.15, 0.2) is 97.7 Å². The maximum Gasteiger partial charge on any atom is 0.333 e. The number of ether oxygens (including phenoxy) is 2. The van der Waals surface area contributed by atoms with E-state index in [0.29, 0.717) is 54.1 Å². The number of phenols is 2. The van der Waals surface area contributed by atoms with E-state index < -0.39 is 35.6 Å². The Hall–Kier alpha value is -5.46. The molecule has 55 heavy (non-hydrogen) atoms. The Morgan fingerprint density at radius 1 is 1.16 bits per heavy atom. The number of nitrogens with one attached hydrogen (secondary N) is 2. The number of esters is 1. The Kier molecular flexibility index (Phi) is 9.29. The molecule has 4 aliphatic heterocycles. The summed E-state index contributed by atoms with van der Waals surface area (Å²) >= 11 is 0. The van der Waals surface area contributed by atoms with Crippen molar-refractivity contribution in [1.29, 1.82) is 0 Å². The predicted molar refractivity (Wildman–Crippen MR) is 207 cm³/mol. The van der Waals surface area contributed by atoms with Crippen molar-refractivity contribution in [3.63, 3.8) is 0 Å². The number of benzene rings is 2. The lowest BCUT2D eigenvalue weighted by Crippen LogP contribution is -2.58. The van der Waals surface area contributed by atoms with Crippen LogP contribution in [-0.2, 0) is 29.0 Å². The van der Waals surface area contributed by atoms with Crippen molar-refractivity contribution in [2.45, 2.75) is 89.7 Å². The number of phenolic OH excluding ortho intramolecular Hbond substituents is 2. The molecule has 3 aromatic rings. The van der Waals surface area contributed by atoms with Crippen LogP contribution in [-0.4, -0.2) is 45.7 Å². The summed E-state index contributed by atoms with van der Waals surface area (Å²) in [6.45, 7) is 5.36. The van der Waals surface area contributed by atoms with Crippen molar-refractivity contribution in [1.82, 2.24) is 10.6 Å². The summed E-state index contributed by atoms with van der Waals surface area (Å²) in [4.78, 5) is 27.6. The fourth-order valence-electron chi connectivity index (χ4n) is 9.41. The van der Waals surface area contributed by atoms with Crippen molar-refractivity contribution < 1.29 is 34.0 Å². The maximum atomic E-state index is 13.9. The van der Waals surface area contributed by atoms with E-state index >= 15 is 0 Å². The second-order valence-corrected chi connectivity index (χ2v) is 15.6. The van der Waals surface area contributed by atoms with Gasteiger partial charge in [0.05, 0.1) is 12.0 Å². The minimum Gasteiger partial charge on any atom is -0.508 e. The Morgan fingerprint density at radius 3 is 2.75 bits per heavy atom. The van der Waals surface area contributed by atoms with E-state index in [2.05, 4.69) is 22.8 Å². The van der Waals surface area contributed by atoms with Crippen LogP contribution in [0.5, 0.6) is 17.2 Å². The van der Waals surface area contributed by atoms with Crippen molar-refractivity contribution >= 4 is 16.9 Å². The third kappa shape index (κ3) is 6.27. The zero-order chi connectivity index (χ0) is 38.8. The largest absolute Gasteiger partial charge is 0.508 e. The van der Waals surface area contributed by atoms with Crippen LogP contribution < -0.4 is 32.3 Å². The highest BCUT2D eigenvalue weighted by Crippen LogP contribution is 2.57. The van der Waals surface area contributed by atoms with E-state index in [1.165, 1.54) is 6.07 Å². The Balaban J connectivity index is 1.46. The maximum absolute atomic E-state index is 13.9. The summed E-state index contributed by atoms with van der Waals surface area (Å²) in [6, 6.07) is 8.19. The molecule has 1 aliphatic carbocycles. The zero-order valence-corrected chi connectivity index (χ0v) is 31.3. The second-order valence-electron chi connectivity index (χ2n) is 15.6. The normalized spacial score (nSPS) is 27.4. The molecule has 5 heterocycles. The highest BCUT2D eigenvalue weighted by Gasteiger charge is 2.55. The molecule has 8 rings (SSSR count). The van der Waals surface area contributed by atoms with Gasteiger partial charge in [0.1, 0.15) is 52.3 Å². The van der Waals surface area contributed by atoms with Crippen molar-refractivity contribution in [3.8, 4) is 17.2 Å². The molecule has 288 valence electrons. The molecule has 6 unspecified atom stereocenters. The molecule has 6 atom stereocenters. The second kappa shape index (κ2) is 14.0. The number of dihydropyridines is 2. The molecule has 0 amide bonds. The highest BCUT2D eigenvalue weighted by molar-refractivity contribution is 5.92. The SMILES string of the molecule is CC=C(C)C(=O)OC1Cc2c3c(c4oc(CO)cc(=O)c4c2O)C(Cc2cccc(O)c2)C2=CCNC(N)=C2CC2CCC4=CC(N)NC=C4CC2C1(C)O3. The van der Waals surface area contributed by atoms with Gasteiger partial charge in [0.25, 0.3) is 0 Å². The third-order valence-corrected chi connectivity index (χ3v) is 12.4. The number of aliphatic hydroxyl groups excluding tert-OH is 1. The number of rotatable bonds is 5. The summed E-state index contributed by atoms with van der Waals surface area (Å²) in [5.74, 6) is -0.649. The first-order valence-corrected chi connectivity index (χ1v) is 19.0. The lowest BCUT2D eigenvalue weighted by molar-refractivity contribution is -0.167. The topological polar surface area (TPSA) is 203 Å². The van der Waals surface area contributed by atoms with Gasteiger partial charge in [-0.1, -0.05) is 24.3 Å². The number of allylic oxidation sites excluding steroid dienone is 5. The van der Waals surface area contributed by atoms with Gasteiger partial charge in [-0.05, 0) is 105 Å². The van der Waals surface area contributed by atoms with Gasteiger partial charge < -0.3 is 51.3 Å². The molecular weight excluding hydrogens is 700 g/mol. The fraction of sp³-hybridized carbons (Fsp3) is 0.395. The number of fused-ring (bicyclic) bond motifs is 7. The molecule has 9 N–H and O–H groups in total. The van der Waals surface area contributed by atoms with Gasteiger partial charge in [-0.15, -0.1) is 0 Å². The van der Waals surface area contributed by atoms with Crippen LogP contribution in [0.2, 0.25) is 0 Å². The van der Waals surface area contributed by atoms with Crippen LogP contribution in [0.1, 0.15) is 74.8 Å². The fourth-order valence-corrected chi connectivity index (χ4v) is 9.41. The average molecular weight is 749 g/mol. The molecule has 0 saturated heterocycles. The van der Waals surface area contributed by atoms with E-state index in [4.69, 9.17) is 25.4 Å². The van der Waals surface area contributed by atoms with Crippen LogP contribution in [0.4, 0.5) is 0 Å². The Labute approximate surface area is 318 Å². The van der Waals surface area contributed by atoms with Crippen molar-refractivity contribution in [2.75, 3.05) is 6.54 Å². The van der Waals surface area contributed by atoms with Gasteiger partial charge >= 0.3 is 5.97 Å². The molecule has 2 aromatic carbocycles. The number of aliphatic hydroxyl groups is 1. The Bertz CT molecular complexity index is 2320. The molecule has 1 fully saturated rings. The number of aromatic hydroxyl groups is 2. The molecule has 2 bridgehead atoms. The van der Waals surface area contributed by atoms with Crippen molar-refractivity contribution in [2.24, 2.45) is 23.3 Å². The van der Waals surface area contributed by atoms with Crippen LogP contribution in [0, 0.1) is 11.8 Å². The number of carbonyl (C=O) groups excluding carboxylic acids is 1. The lowest BCUT2D eigenvalue weighted by atomic mass is 9.66. The van der Waals surface area contributed by atoms with Gasteiger partial charge in [-0.3, -0.25) is 4.79 Å². The highest BCUT2D eigenvalue weighted by atomic mass is 16.6. The summed E-state index contributed by atoms with van der Waals surface area (Å²) in [5.41, 5.74) is 17.8. The van der Waals surface area contributed by atoms with Gasteiger partial charge in [-0.2, -0.15) is 0 Å². The predicted octanol–water partition coefficient (Wildman–Crippen LogP) is 4.81. The third-order valence-electron chi connectivity index (χ3n) is 12.4. The lowest BCUT2D eigenvalue weighted by Gasteiger charge is -2.50. The standard InChI is InChI=1S/C43H48N4O8/c1-4-21(2)42(52)54-34-18-31-38(51)37-33(50)17-27(20-48)53-40(37)36-29(13-22-6-5-7-26(49)12-22)28-10-11-46-41(45)30(28)14-24-9-8-23-16-35(44)47-19-25(23)15-32(24)43(34,3)55-39(31)36/h4-7,10,12,16-17,19,24,29,32,34-35,46-49,51H,8-9,11,13-15,18,20,44-45H2,1-3H3. The monoisotopic (exact) mass is 748 g/mol. The molecule has 0 radical (unpaired) electrons. The molecule has 5 aliphatic rings. The molecule has 1 aromatic heterocycles. The van der Waals surface area contributed by atoms with Gasteiger partial charge in [0.15, 0.2) is 5.43 Å².